The molecular weight excluding hydrogens is 400 g/mol. The van der Waals surface area contributed by atoms with Gasteiger partial charge in [0.05, 0.1) is 22.9 Å². The molecule has 28 heavy (non-hydrogen) atoms. The number of sulfone groups is 1. The van der Waals surface area contributed by atoms with Gasteiger partial charge in [0.15, 0.2) is 15.8 Å². The number of nitrogens with one attached hydrogen (secondary N) is 3. The molecule has 0 radical (unpaired) electrons. The van der Waals surface area contributed by atoms with Crippen LogP contribution in [-0.2, 0) is 26.4 Å². The Morgan fingerprint density at radius 3 is 2.50 bits per heavy atom. The molecule has 1 aliphatic rings. The molecule has 0 amide bonds. The van der Waals surface area contributed by atoms with E-state index in [2.05, 4.69) is 20.3 Å². The van der Waals surface area contributed by atoms with Gasteiger partial charge in [-0.2, -0.15) is 0 Å². The van der Waals surface area contributed by atoms with E-state index in [1.165, 1.54) is 0 Å². The second kappa shape index (κ2) is 8.79. The highest BCUT2D eigenvalue weighted by molar-refractivity contribution is 7.91. The van der Waals surface area contributed by atoms with Gasteiger partial charge >= 0.3 is 0 Å². The Balaban J connectivity index is 2.21. The van der Waals surface area contributed by atoms with Gasteiger partial charge in [-0.05, 0) is 45.7 Å². The number of benzene rings is 1. The lowest BCUT2D eigenvalue weighted by Gasteiger charge is -2.21. The van der Waals surface area contributed by atoms with Crippen LogP contribution in [0.15, 0.2) is 34.2 Å². The van der Waals surface area contributed by atoms with E-state index in [1.54, 1.807) is 45.0 Å². The van der Waals surface area contributed by atoms with Crippen molar-refractivity contribution in [3.05, 3.63) is 29.8 Å². The largest absolute Gasteiger partial charge is 0.357 e. The summed E-state index contributed by atoms with van der Waals surface area (Å²) in [5.74, 6) is 0.724. The van der Waals surface area contributed by atoms with Crippen molar-refractivity contribution in [2.45, 2.75) is 57.1 Å². The maximum atomic E-state index is 12.7. The van der Waals surface area contributed by atoms with Gasteiger partial charge in [-0.3, -0.25) is 0 Å². The van der Waals surface area contributed by atoms with E-state index < -0.39 is 25.4 Å². The molecule has 3 N–H and O–H groups in total. The summed E-state index contributed by atoms with van der Waals surface area (Å²) in [6.07, 6.45) is 0.535. The lowest BCUT2D eigenvalue weighted by atomic mass is 10.1. The third kappa shape index (κ3) is 6.75. The summed E-state index contributed by atoms with van der Waals surface area (Å²) in [5, 5.41) is 6.22. The number of sulfonamides is 1. The third-order valence-electron chi connectivity index (χ3n) is 4.03. The predicted octanol–water partition coefficient (Wildman–Crippen LogP) is 1.01. The van der Waals surface area contributed by atoms with Crippen LogP contribution in [0.1, 0.15) is 39.7 Å². The fourth-order valence-electron chi connectivity index (χ4n) is 2.94. The van der Waals surface area contributed by atoms with Gasteiger partial charge in [-0.1, -0.05) is 18.2 Å². The molecule has 1 aromatic carbocycles. The zero-order valence-electron chi connectivity index (χ0n) is 16.8. The van der Waals surface area contributed by atoms with Gasteiger partial charge in [0.1, 0.15) is 0 Å². The molecule has 8 nitrogen and oxygen atoms in total. The van der Waals surface area contributed by atoms with Crippen molar-refractivity contribution in [3.8, 4) is 0 Å². The summed E-state index contributed by atoms with van der Waals surface area (Å²) in [6, 6.07) is 6.54. The molecule has 1 aromatic rings. The first-order valence-electron chi connectivity index (χ1n) is 9.29. The Morgan fingerprint density at radius 2 is 1.93 bits per heavy atom. The van der Waals surface area contributed by atoms with Crippen LogP contribution in [0.5, 0.6) is 0 Å². The maximum Gasteiger partial charge on any atom is 0.241 e. The van der Waals surface area contributed by atoms with E-state index in [9.17, 15) is 16.8 Å². The predicted molar refractivity (Wildman–Crippen MR) is 112 cm³/mol. The van der Waals surface area contributed by atoms with Crippen LogP contribution < -0.4 is 15.4 Å². The normalized spacial score (nSPS) is 20.1. The topological polar surface area (TPSA) is 117 Å². The Kier molecular flexibility index (Phi) is 7.11. The molecule has 1 aliphatic heterocycles. The molecule has 0 bridgehead atoms. The highest BCUT2D eigenvalue weighted by Crippen LogP contribution is 2.19. The number of aliphatic imine (C=N–C) groups is 1. The van der Waals surface area contributed by atoms with E-state index in [1.807, 2.05) is 6.92 Å². The molecule has 0 spiro atoms. The maximum absolute atomic E-state index is 12.7. The molecule has 1 unspecified atom stereocenters. The van der Waals surface area contributed by atoms with Crippen LogP contribution >= 0.6 is 0 Å². The summed E-state index contributed by atoms with van der Waals surface area (Å²) in [5.41, 5.74) is -0.0323. The number of rotatable bonds is 6. The Labute approximate surface area is 168 Å². The highest BCUT2D eigenvalue weighted by Gasteiger charge is 2.28. The Morgan fingerprint density at radius 1 is 1.25 bits per heavy atom. The van der Waals surface area contributed by atoms with E-state index in [0.29, 0.717) is 24.5 Å². The molecule has 2 rings (SSSR count). The van der Waals surface area contributed by atoms with Crippen LogP contribution in [0.25, 0.3) is 0 Å². The summed E-state index contributed by atoms with van der Waals surface area (Å²) < 4.78 is 51.4. The number of hydrogen-bond acceptors (Lipinski definition) is 5. The number of hydrogen-bond donors (Lipinski definition) is 3. The summed E-state index contributed by atoms with van der Waals surface area (Å²) in [7, 11) is -6.69. The SMILES string of the molecule is CCNC(=NCc1ccccc1S(=O)(=O)NC(C)(C)C)NC1CCS(=O)(=O)C1. The minimum atomic E-state index is -3.69. The second-order valence-electron chi connectivity index (χ2n) is 7.90. The standard InChI is InChI=1S/C18H30N4O4S2/c1-5-19-17(21-15-10-11-27(23,24)13-15)20-12-14-8-6-7-9-16(14)28(25,26)22-18(2,3)4/h6-9,15,22H,5,10-13H2,1-4H3,(H2,19,20,21). The molecule has 0 aromatic heterocycles. The minimum absolute atomic E-state index is 0.0812. The fraction of sp³-hybridized carbons (Fsp3) is 0.611. The zero-order valence-corrected chi connectivity index (χ0v) is 18.5. The fourth-order valence-corrected chi connectivity index (χ4v) is 6.27. The molecular formula is C18H30N4O4S2. The molecule has 1 heterocycles. The smallest absolute Gasteiger partial charge is 0.241 e. The first kappa shape index (κ1) is 22.6. The molecule has 1 saturated heterocycles. The van der Waals surface area contributed by atoms with Crippen LogP contribution in [0, 0.1) is 0 Å². The lowest BCUT2D eigenvalue weighted by Crippen LogP contribution is -2.44. The second-order valence-corrected chi connectivity index (χ2v) is 11.8. The van der Waals surface area contributed by atoms with Gasteiger partial charge in [0.2, 0.25) is 10.0 Å². The van der Waals surface area contributed by atoms with Crippen molar-refractivity contribution >= 4 is 25.8 Å². The van der Waals surface area contributed by atoms with E-state index in [4.69, 9.17) is 0 Å². The third-order valence-corrected chi connectivity index (χ3v) is 7.65. The average Bonchev–Trinajstić information content (AvgIpc) is 2.89. The van der Waals surface area contributed by atoms with Crippen LogP contribution in [0.3, 0.4) is 0 Å². The van der Waals surface area contributed by atoms with Gasteiger partial charge in [-0.15, -0.1) is 0 Å². The van der Waals surface area contributed by atoms with Crippen molar-refractivity contribution in [1.29, 1.82) is 0 Å². The van der Waals surface area contributed by atoms with Crippen molar-refractivity contribution < 1.29 is 16.8 Å². The van der Waals surface area contributed by atoms with Crippen molar-refractivity contribution in [3.63, 3.8) is 0 Å². The number of guanidine groups is 1. The first-order chi connectivity index (χ1) is 12.9. The van der Waals surface area contributed by atoms with Crippen LogP contribution in [-0.4, -0.2) is 52.4 Å². The summed E-state index contributed by atoms with van der Waals surface area (Å²) >= 11 is 0. The first-order valence-corrected chi connectivity index (χ1v) is 12.6. The monoisotopic (exact) mass is 430 g/mol. The van der Waals surface area contributed by atoms with Crippen molar-refractivity contribution in [2.75, 3.05) is 18.1 Å². The van der Waals surface area contributed by atoms with Crippen LogP contribution in [0.2, 0.25) is 0 Å². The highest BCUT2D eigenvalue weighted by atomic mass is 32.2. The average molecular weight is 431 g/mol. The summed E-state index contributed by atoms with van der Waals surface area (Å²) in [6.45, 7) is 8.03. The van der Waals surface area contributed by atoms with Gasteiger partial charge < -0.3 is 10.6 Å². The molecule has 0 saturated carbocycles. The van der Waals surface area contributed by atoms with Crippen molar-refractivity contribution in [2.24, 2.45) is 4.99 Å². The molecule has 1 fully saturated rings. The molecule has 1 atom stereocenters. The zero-order chi connectivity index (χ0) is 21.0. The Bertz CT molecular complexity index is 919. The minimum Gasteiger partial charge on any atom is -0.357 e. The van der Waals surface area contributed by atoms with Gasteiger partial charge in [0.25, 0.3) is 0 Å². The number of nitrogens with zero attached hydrogens (tertiary/aromatic N) is 1. The van der Waals surface area contributed by atoms with Gasteiger partial charge in [0, 0.05) is 18.1 Å². The van der Waals surface area contributed by atoms with Gasteiger partial charge in [-0.25, -0.2) is 26.6 Å². The quantitative estimate of drug-likeness (QED) is 0.458. The molecule has 0 aliphatic carbocycles. The van der Waals surface area contributed by atoms with Crippen LogP contribution in [0.4, 0.5) is 0 Å². The van der Waals surface area contributed by atoms with E-state index in [0.717, 1.165) is 0 Å². The summed E-state index contributed by atoms with van der Waals surface area (Å²) in [4.78, 5) is 4.66. The molecule has 158 valence electrons. The lowest BCUT2D eigenvalue weighted by molar-refractivity contribution is 0.491. The Hall–Kier alpha value is -1.65. The van der Waals surface area contributed by atoms with Crippen molar-refractivity contribution in [1.82, 2.24) is 15.4 Å². The molecule has 10 heteroatoms. The van der Waals surface area contributed by atoms with E-state index >= 15 is 0 Å². The van der Waals surface area contributed by atoms with E-state index in [-0.39, 0.29) is 29.0 Å².